The van der Waals surface area contributed by atoms with Gasteiger partial charge in [0.2, 0.25) is 5.91 Å². The highest BCUT2D eigenvalue weighted by Crippen LogP contribution is 2.28. The van der Waals surface area contributed by atoms with Gasteiger partial charge in [-0.2, -0.15) is 0 Å². The maximum absolute atomic E-state index is 12.8. The predicted molar refractivity (Wildman–Crippen MR) is 104 cm³/mol. The number of hydrogen-bond acceptors (Lipinski definition) is 5. The Morgan fingerprint density at radius 1 is 1.18 bits per heavy atom. The van der Waals surface area contributed by atoms with Gasteiger partial charge in [0, 0.05) is 37.3 Å². The average molecular weight is 387 g/mol. The summed E-state index contributed by atoms with van der Waals surface area (Å²) in [5, 5.41) is 13.2. The van der Waals surface area contributed by atoms with E-state index in [0.29, 0.717) is 43.4 Å². The molecule has 2 heterocycles. The van der Waals surface area contributed by atoms with Crippen LogP contribution in [0.2, 0.25) is 0 Å². The molecule has 2 aliphatic heterocycles. The van der Waals surface area contributed by atoms with Crippen molar-refractivity contribution in [2.75, 3.05) is 26.7 Å². The van der Waals surface area contributed by atoms with Crippen molar-refractivity contribution in [3.63, 3.8) is 0 Å². The number of amides is 2. The van der Waals surface area contributed by atoms with Crippen LogP contribution in [0.25, 0.3) is 0 Å². The Labute approximate surface area is 165 Å². The molecule has 0 radical (unpaired) electrons. The zero-order valence-electron chi connectivity index (χ0n) is 16.3. The van der Waals surface area contributed by atoms with E-state index >= 15 is 0 Å². The third kappa shape index (κ3) is 4.15. The lowest BCUT2D eigenvalue weighted by Gasteiger charge is -2.39. The summed E-state index contributed by atoms with van der Waals surface area (Å²) in [5.74, 6) is 0.743. The third-order valence-corrected chi connectivity index (χ3v) is 6.08. The van der Waals surface area contributed by atoms with Crippen molar-refractivity contribution in [1.82, 2.24) is 15.1 Å². The smallest absolute Gasteiger partial charge is 0.253 e. The SMILES string of the molecule is COc1cccc(C(=O)N2CCC(N3C[C@H](O)C[C@H]3C(=O)NC3CC3)CC2)c1. The third-order valence-electron chi connectivity index (χ3n) is 6.08. The van der Waals surface area contributed by atoms with Crippen molar-refractivity contribution >= 4 is 11.8 Å². The van der Waals surface area contributed by atoms with Crippen LogP contribution in [-0.4, -0.2) is 77.7 Å². The van der Waals surface area contributed by atoms with Gasteiger partial charge in [0.05, 0.1) is 19.3 Å². The van der Waals surface area contributed by atoms with Gasteiger partial charge < -0.3 is 20.1 Å². The molecule has 0 bridgehead atoms. The molecule has 152 valence electrons. The fraction of sp³-hybridized carbons (Fsp3) is 0.619. The molecule has 1 saturated carbocycles. The zero-order chi connectivity index (χ0) is 19.7. The molecule has 2 saturated heterocycles. The van der Waals surface area contributed by atoms with Crippen LogP contribution in [0.3, 0.4) is 0 Å². The number of β-amino-alcohol motifs (C(OH)–C–C–N with tert-alkyl or cyclic N) is 1. The largest absolute Gasteiger partial charge is 0.497 e. The van der Waals surface area contributed by atoms with Crippen molar-refractivity contribution in [2.24, 2.45) is 0 Å². The molecular weight excluding hydrogens is 358 g/mol. The van der Waals surface area contributed by atoms with Crippen LogP contribution in [0.1, 0.15) is 42.5 Å². The molecule has 7 nitrogen and oxygen atoms in total. The summed E-state index contributed by atoms with van der Waals surface area (Å²) in [6.07, 6.45) is 3.80. The first-order valence-electron chi connectivity index (χ1n) is 10.2. The molecular formula is C21H29N3O4. The summed E-state index contributed by atoms with van der Waals surface area (Å²) >= 11 is 0. The number of ether oxygens (including phenoxy) is 1. The van der Waals surface area contributed by atoms with Crippen molar-refractivity contribution in [1.29, 1.82) is 0 Å². The van der Waals surface area contributed by atoms with Crippen LogP contribution in [-0.2, 0) is 4.79 Å². The van der Waals surface area contributed by atoms with Gasteiger partial charge in [-0.05, 0) is 50.3 Å². The number of piperidine rings is 1. The number of likely N-dealkylation sites (tertiary alicyclic amines) is 2. The molecule has 3 fully saturated rings. The van der Waals surface area contributed by atoms with Crippen molar-refractivity contribution in [3.8, 4) is 5.75 Å². The van der Waals surface area contributed by atoms with Gasteiger partial charge >= 0.3 is 0 Å². The van der Waals surface area contributed by atoms with Gasteiger partial charge in [-0.15, -0.1) is 0 Å². The number of rotatable bonds is 5. The minimum Gasteiger partial charge on any atom is -0.497 e. The highest BCUT2D eigenvalue weighted by molar-refractivity contribution is 5.94. The van der Waals surface area contributed by atoms with E-state index in [1.54, 1.807) is 13.2 Å². The van der Waals surface area contributed by atoms with Crippen LogP contribution >= 0.6 is 0 Å². The summed E-state index contributed by atoms with van der Waals surface area (Å²) in [7, 11) is 1.59. The Kier molecular flexibility index (Phi) is 5.55. The summed E-state index contributed by atoms with van der Waals surface area (Å²) < 4.78 is 5.21. The summed E-state index contributed by atoms with van der Waals surface area (Å²) in [6.45, 7) is 1.85. The van der Waals surface area contributed by atoms with Gasteiger partial charge in [-0.3, -0.25) is 14.5 Å². The lowest BCUT2D eigenvalue weighted by molar-refractivity contribution is -0.126. The Morgan fingerprint density at radius 3 is 2.61 bits per heavy atom. The van der Waals surface area contributed by atoms with Crippen LogP contribution < -0.4 is 10.1 Å². The second-order valence-electron chi connectivity index (χ2n) is 8.14. The van der Waals surface area contributed by atoms with Crippen LogP contribution in [0.15, 0.2) is 24.3 Å². The predicted octanol–water partition coefficient (Wildman–Crippen LogP) is 1.01. The maximum Gasteiger partial charge on any atom is 0.253 e. The highest BCUT2D eigenvalue weighted by Gasteiger charge is 2.42. The average Bonchev–Trinajstić information content (AvgIpc) is 3.45. The number of nitrogens with one attached hydrogen (secondary N) is 1. The minimum atomic E-state index is -0.452. The van der Waals surface area contributed by atoms with Gasteiger partial charge in [0.25, 0.3) is 5.91 Å². The molecule has 1 aliphatic carbocycles. The summed E-state index contributed by atoms with van der Waals surface area (Å²) in [4.78, 5) is 29.4. The van der Waals surface area contributed by atoms with E-state index in [1.807, 2.05) is 23.1 Å². The Balaban J connectivity index is 1.36. The number of hydrogen-bond donors (Lipinski definition) is 2. The number of carbonyl (C=O) groups excluding carboxylic acids is 2. The standard InChI is InChI=1S/C21H29N3O4/c1-28-18-4-2-3-14(11-18)21(27)23-9-7-16(8-10-23)24-13-17(25)12-19(24)20(26)22-15-5-6-15/h2-4,11,15-17,19,25H,5-10,12-13H2,1H3,(H,22,26)/t17-,19+/m1/s1. The zero-order valence-corrected chi connectivity index (χ0v) is 16.3. The molecule has 28 heavy (non-hydrogen) atoms. The van der Waals surface area contributed by atoms with E-state index in [0.717, 1.165) is 25.7 Å². The van der Waals surface area contributed by atoms with Crippen LogP contribution in [0, 0.1) is 0 Å². The number of aliphatic hydroxyl groups excluding tert-OH is 1. The number of aliphatic hydroxyl groups is 1. The lowest BCUT2D eigenvalue weighted by atomic mass is 10.0. The fourth-order valence-corrected chi connectivity index (χ4v) is 4.36. The van der Waals surface area contributed by atoms with Crippen molar-refractivity contribution in [3.05, 3.63) is 29.8 Å². The molecule has 2 atom stereocenters. The van der Waals surface area contributed by atoms with E-state index in [9.17, 15) is 14.7 Å². The van der Waals surface area contributed by atoms with Crippen molar-refractivity contribution in [2.45, 2.75) is 56.3 Å². The quantitative estimate of drug-likeness (QED) is 0.788. The summed E-state index contributed by atoms with van der Waals surface area (Å²) in [6, 6.07) is 7.54. The molecule has 1 aromatic carbocycles. The Morgan fingerprint density at radius 2 is 1.93 bits per heavy atom. The number of carbonyl (C=O) groups is 2. The first kappa shape index (κ1) is 19.2. The molecule has 4 rings (SSSR count). The first-order valence-corrected chi connectivity index (χ1v) is 10.2. The number of nitrogens with zero attached hydrogens (tertiary/aromatic N) is 2. The Bertz CT molecular complexity index is 728. The number of methoxy groups -OCH3 is 1. The first-order chi connectivity index (χ1) is 13.5. The molecule has 0 spiro atoms. The lowest BCUT2D eigenvalue weighted by Crippen LogP contribution is -2.52. The monoisotopic (exact) mass is 387 g/mol. The molecule has 7 heteroatoms. The van der Waals surface area contributed by atoms with Gasteiger partial charge in [-0.25, -0.2) is 0 Å². The highest BCUT2D eigenvalue weighted by atomic mass is 16.5. The van der Waals surface area contributed by atoms with Crippen LogP contribution in [0.5, 0.6) is 5.75 Å². The Hall–Kier alpha value is -2.12. The molecule has 2 amide bonds. The second kappa shape index (κ2) is 8.09. The van der Waals surface area contributed by atoms with E-state index < -0.39 is 6.10 Å². The second-order valence-corrected chi connectivity index (χ2v) is 8.14. The molecule has 0 aromatic heterocycles. The normalized spacial score (nSPS) is 26.3. The van der Waals surface area contributed by atoms with Crippen molar-refractivity contribution < 1.29 is 19.4 Å². The fourth-order valence-electron chi connectivity index (χ4n) is 4.36. The molecule has 1 aromatic rings. The van der Waals surface area contributed by atoms with E-state index in [1.165, 1.54) is 0 Å². The van der Waals surface area contributed by atoms with Crippen LogP contribution in [0.4, 0.5) is 0 Å². The molecule has 3 aliphatic rings. The number of benzene rings is 1. The van der Waals surface area contributed by atoms with Gasteiger partial charge in [0.15, 0.2) is 0 Å². The summed E-state index contributed by atoms with van der Waals surface area (Å²) in [5.41, 5.74) is 0.635. The maximum atomic E-state index is 12.8. The minimum absolute atomic E-state index is 0.0156. The van der Waals surface area contributed by atoms with Gasteiger partial charge in [-0.1, -0.05) is 6.07 Å². The van der Waals surface area contributed by atoms with E-state index in [4.69, 9.17) is 4.74 Å². The molecule has 2 N–H and O–H groups in total. The van der Waals surface area contributed by atoms with Gasteiger partial charge in [0.1, 0.15) is 5.75 Å². The van der Waals surface area contributed by atoms with E-state index in [-0.39, 0.29) is 23.9 Å². The van der Waals surface area contributed by atoms with E-state index in [2.05, 4.69) is 10.2 Å². The topological polar surface area (TPSA) is 82.1 Å². The molecule has 0 unspecified atom stereocenters.